The molecule has 0 aromatic heterocycles. The van der Waals surface area contributed by atoms with Crippen LogP contribution in [0.3, 0.4) is 0 Å². The summed E-state index contributed by atoms with van der Waals surface area (Å²) in [6.45, 7) is 4.83. The van der Waals surface area contributed by atoms with Gasteiger partial charge in [-0.25, -0.2) is 0 Å². The van der Waals surface area contributed by atoms with E-state index in [9.17, 15) is 4.79 Å². The van der Waals surface area contributed by atoms with Gasteiger partial charge in [-0.15, -0.1) is 0 Å². The summed E-state index contributed by atoms with van der Waals surface area (Å²) < 4.78 is 6.11. The Labute approximate surface area is 132 Å². The minimum Gasteiger partial charge on any atom is -0.488 e. The molecule has 1 N–H and O–H groups in total. The Hall–Kier alpha value is -1.55. The minimum absolute atomic E-state index is 0.138. The fraction of sp³-hybridized carbons (Fsp3) is 0.611. The SMILES string of the molecule is CCNCC[C@H]1CCC(=O)N1C[C@H]1CCc2ccccc2O1. The first-order chi connectivity index (χ1) is 10.8. The number of hydrogen-bond acceptors (Lipinski definition) is 3. The number of amides is 1. The number of carbonyl (C=O) groups is 1. The molecule has 2 atom stereocenters. The number of likely N-dealkylation sites (tertiary alicyclic amines) is 1. The number of ether oxygens (including phenoxy) is 1. The second-order valence-corrected chi connectivity index (χ2v) is 6.27. The van der Waals surface area contributed by atoms with E-state index in [1.165, 1.54) is 5.56 Å². The van der Waals surface area contributed by atoms with Crippen LogP contribution in [-0.2, 0) is 11.2 Å². The molecule has 4 nitrogen and oxygen atoms in total. The highest BCUT2D eigenvalue weighted by molar-refractivity contribution is 5.78. The van der Waals surface area contributed by atoms with Crippen LogP contribution in [0.2, 0.25) is 0 Å². The molecule has 1 fully saturated rings. The Balaban J connectivity index is 1.58. The first kappa shape index (κ1) is 15.3. The Morgan fingerprint density at radius 2 is 2.14 bits per heavy atom. The Kier molecular flexibility index (Phi) is 4.98. The van der Waals surface area contributed by atoms with E-state index >= 15 is 0 Å². The summed E-state index contributed by atoms with van der Waals surface area (Å²) >= 11 is 0. The lowest BCUT2D eigenvalue weighted by Crippen LogP contribution is -2.43. The molecule has 0 spiro atoms. The van der Waals surface area contributed by atoms with E-state index < -0.39 is 0 Å². The lowest BCUT2D eigenvalue weighted by atomic mass is 10.0. The summed E-state index contributed by atoms with van der Waals surface area (Å²) in [6.07, 6.45) is 4.92. The van der Waals surface area contributed by atoms with Crippen molar-refractivity contribution in [1.29, 1.82) is 0 Å². The number of carbonyl (C=O) groups excluding carboxylic acids is 1. The average Bonchev–Trinajstić information content (AvgIpc) is 2.88. The Morgan fingerprint density at radius 1 is 1.27 bits per heavy atom. The molecule has 2 heterocycles. The third-order valence-corrected chi connectivity index (χ3v) is 4.76. The van der Waals surface area contributed by atoms with E-state index in [0.717, 1.165) is 51.1 Å². The van der Waals surface area contributed by atoms with Crippen molar-refractivity contribution in [3.63, 3.8) is 0 Å². The Bertz CT molecular complexity index is 518. The van der Waals surface area contributed by atoms with Gasteiger partial charge in [0.1, 0.15) is 11.9 Å². The molecule has 2 aliphatic rings. The lowest BCUT2D eigenvalue weighted by molar-refractivity contribution is -0.130. The summed E-state index contributed by atoms with van der Waals surface area (Å²) in [5.74, 6) is 1.29. The molecule has 1 amide bonds. The van der Waals surface area contributed by atoms with Crippen LogP contribution in [0.5, 0.6) is 5.75 Å². The highest BCUT2D eigenvalue weighted by Crippen LogP contribution is 2.29. The van der Waals surface area contributed by atoms with Gasteiger partial charge in [-0.2, -0.15) is 0 Å². The monoisotopic (exact) mass is 302 g/mol. The number of hydrogen-bond donors (Lipinski definition) is 1. The van der Waals surface area contributed by atoms with Gasteiger partial charge in [0.25, 0.3) is 0 Å². The summed E-state index contributed by atoms with van der Waals surface area (Å²) in [4.78, 5) is 14.3. The molecule has 0 unspecified atom stereocenters. The predicted molar refractivity (Wildman–Crippen MR) is 87.1 cm³/mol. The zero-order chi connectivity index (χ0) is 15.4. The molecular weight excluding hydrogens is 276 g/mol. The summed E-state index contributed by atoms with van der Waals surface area (Å²) in [5, 5.41) is 3.36. The van der Waals surface area contributed by atoms with Gasteiger partial charge < -0.3 is 15.0 Å². The van der Waals surface area contributed by atoms with Crippen LogP contribution >= 0.6 is 0 Å². The number of nitrogens with zero attached hydrogens (tertiary/aromatic N) is 1. The maximum Gasteiger partial charge on any atom is 0.223 e. The number of para-hydroxylation sites is 1. The van der Waals surface area contributed by atoms with E-state index in [1.54, 1.807) is 0 Å². The maximum absolute atomic E-state index is 12.2. The number of nitrogens with one attached hydrogen (secondary N) is 1. The molecule has 1 saturated heterocycles. The molecule has 1 aromatic carbocycles. The standard InChI is InChI=1S/C18H26N2O2/c1-2-19-12-11-15-8-10-18(21)20(15)13-16-9-7-14-5-3-4-6-17(14)22-16/h3-6,15-16,19H,2,7-13H2,1H3/t15-,16-/m1/s1. The minimum atomic E-state index is 0.138. The molecule has 22 heavy (non-hydrogen) atoms. The molecule has 120 valence electrons. The van der Waals surface area contributed by atoms with Crippen LogP contribution in [0.1, 0.15) is 38.2 Å². The largest absolute Gasteiger partial charge is 0.488 e. The smallest absolute Gasteiger partial charge is 0.223 e. The number of rotatable bonds is 6. The van der Waals surface area contributed by atoms with Gasteiger partial charge in [0, 0.05) is 12.5 Å². The molecule has 0 aliphatic carbocycles. The van der Waals surface area contributed by atoms with Crippen LogP contribution in [0, 0.1) is 0 Å². The molecule has 0 bridgehead atoms. The fourth-order valence-corrected chi connectivity index (χ4v) is 3.52. The Morgan fingerprint density at radius 3 is 3.00 bits per heavy atom. The van der Waals surface area contributed by atoms with Gasteiger partial charge >= 0.3 is 0 Å². The summed E-state index contributed by atoms with van der Waals surface area (Å²) in [7, 11) is 0. The highest BCUT2D eigenvalue weighted by atomic mass is 16.5. The molecule has 1 aromatic rings. The van der Waals surface area contributed by atoms with Crippen LogP contribution in [-0.4, -0.2) is 42.6 Å². The van der Waals surface area contributed by atoms with Gasteiger partial charge in [-0.05, 0) is 50.4 Å². The van der Waals surface area contributed by atoms with Gasteiger partial charge in [0.05, 0.1) is 6.54 Å². The predicted octanol–water partition coefficient (Wildman–Crippen LogP) is 2.37. The van der Waals surface area contributed by atoms with Crippen LogP contribution in [0.4, 0.5) is 0 Å². The molecule has 4 heteroatoms. The zero-order valence-electron chi connectivity index (χ0n) is 13.4. The van der Waals surface area contributed by atoms with E-state index in [1.807, 2.05) is 12.1 Å². The maximum atomic E-state index is 12.2. The van der Waals surface area contributed by atoms with Crippen molar-refractivity contribution in [3.05, 3.63) is 29.8 Å². The average molecular weight is 302 g/mol. The van der Waals surface area contributed by atoms with E-state index in [0.29, 0.717) is 18.4 Å². The first-order valence-corrected chi connectivity index (χ1v) is 8.52. The summed E-state index contributed by atoms with van der Waals surface area (Å²) in [5.41, 5.74) is 1.29. The van der Waals surface area contributed by atoms with E-state index in [2.05, 4.69) is 29.3 Å². The van der Waals surface area contributed by atoms with Crippen LogP contribution < -0.4 is 10.1 Å². The topological polar surface area (TPSA) is 41.6 Å². The van der Waals surface area contributed by atoms with Crippen molar-refractivity contribution in [2.24, 2.45) is 0 Å². The van der Waals surface area contributed by atoms with Gasteiger partial charge in [-0.1, -0.05) is 25.1 Å². The highest BCUT2D eigenvalue weighted by Gasteiger charge is 2.33. The van der Waals surface area contributed by atoms with Crippen molar-refractivity contribution >= 4 is 5.91 Å². The number of fused-ring (bicyclic) bond motifs is 1. The van der Waals surface area contributed by atoms with E-state index in [4.69, 9.17) is 4.74 Å². The molecule has 0 radical (unpaired) electrons. The van der Waals surface area contributed by atoms with Crippen molar-refractivity contribution in [2.75, 3.05) is 19.6 Å². The molecule has 3 rings (SSSR count). The second kappa shape index (κ2) is 7.14. The summed E-state index contributed by atoms with van der Waals surface area (Å²) in [6, 6.07) is 8.62. The van der Waals surface area contributed by atoms with E-state index in [-0.39, 0.29) is 6.10 Å². The van der Waals surface area contributed by atoms with Crippen molar-refractivity contribution in [1.82, 2.24) is 10.2 Å². The molecule has 2 aliphatic heterocycles. The first-order valence-electron chi connectivity index (χ1n) is 8.52. The van der Waals surface area contributed by atoms with Crippen molar-refractivity contribution < 1.29 is 9.53 Å². The second-order valence-electron chi connectivity index (χ2n) is 6.27. The fourth-order valence-electron chi connectivity index (χ4n) is 3.52. The molecule has 0 saturated carbocycles. The normalized spacial score (nSPS) is 24.2. The third kappa shape index (κ3) is 3.43. The van der Waals surface area contributed by atoms with Crippen LogP contribution in [0.25, 0.3) is 0 Å². The third-order valence-electron chi connectivity index (χ3n) is 4.76. The van der Waals surface area contributed by atoms with Crippen molar-refractivity contribution in [3.8, 4) is 5.75 Å². The van der Waals surface area contributed by atoms with Crippen LogP contribution in [0.15, 0.2) is 24.3 Å². The molecular formula is C18H26N2O2. The van der Waals surface area contributed by atoms with Gasteiger partial charge in [0.2, 0.25) is 5.91 Å². The van der Waals surface area contributed by atoms with Gasteiger partial charge in [-0.3, -0.25) is 4.79 Å². The zero-order valence-corrected chi connectivity index (χ0v) is 13.4. The number of aryl methyl sites for hydroxylation is 1. The quantitative estimate of drug-likeness (QED) is 0.820. The van der Waals surface area contributed by atoms with Crippen molar-refractivity contribution in [2.45, 2.75) is 51.2 Å². The van der Waals surface area contributed by atoms with Gasteiger partial charge in [0.15, 0.2) is 0 Å². The lowest BCUT2D eigenvalue weighted by Gasteiger charge is -2.32. The number of benzene rings is 1.